The lowest BCUT2D eigenvalue weighted by Crippen LogP contribution is -2.29. The summed E-state index contributed by atoms with van der Waals surface area (Å²) in [6.45, 7) is 5.55. The second-order valence-electron chi connectivity index (χ2n) is 5.51. The molecule has 2 atom stereocenters. The van der Waals surface area contributed by atoms with Crippen molar-refractivity contribution in [3.8, 4) is 0 Å². The molecule has 1 aliphatic rings. The third kappa shape index (κ3) is 2.89. The molecule has 0 spiro atoms. The zero-order valence-corrected chi connectivity index (χ0v) is 11.3. The Hall–Kier alpha value is -0.830. The standard InChI is InChI=1S/C14H25N3/c1-11(2)14-16-8-10-17(14)9-7-12-5-4-6-13(12)15-3/h8,10-13,15H,4-7,9H2,1-3H3. The third-order valence-corrected chi connectivity index (χ3v) is 4.03. The van der Waals surface area contributed by atoms with Crippen LogP contribution in [0.25, 0.3) is 0 Å². The number of nitrogens with zero attached hydrogens (tertiary/aromatic N) is 2. The lowest BCUT2D eigenvalue weighted by Gasteiger charge is -2.20. The molecule has 0 radical (unpaired) electrons. The van der Waals surface area contributed by atoms with Crippen LogP contribution in [0.5, 0.6) is 0 Å². The second kappa shape index (κ2) is 5.67. The first-order valence-corrected chi connectivity index (χ1v) is 6.90. The monoisotopic (exact) mass is 235 g/mol. The maximum Gasteiger partial charge on any atom is 0.111 e. The fourth-order valence-electron chi connectivity index (χ4n) is 3.08. The van der Waals surface area contributed by atoms with E-state index in [1.54, 1.807) is 0 Å². The fourth-order valence-corrected chi connectivity index (χ4v) is 3.08. The van der Waals surface area contributed by atoms with Gasteiger partial charge in [0.2, 0.25) is 0 Å². The first-order valence-electron chi connectivity index (χ1n) is 6.90. The number of hydrogen-bond donors (Lipinski definition) is 1. The number of aryl methyl sites for hydroxylation is 1. The molecule has 1 N–H and O–H groups in total. The zero-order valence-electron chi connectivity index (χ0n) is 11.3. The Labute approximate surface area is 105 Å². The summed E-state index contributed by atoms with van der Waals surface area (Å²) in [5.41, 5.74) is 0. The van der Waals surface area contributed by atoms with E-state index in [2.05, 4.69) is 42.0 Å². The zero-order chi connectivity index (χ0) is 12.3. The molecule has 0 aromatic carbocycles. The maximum absolute atomic E-state index is 4.45. The second-order valence-corrected chi connectivity index (χ2v) is 5.51. The number of hydrogen-bond acceptors (Lipinski definition) is 2. The van der Waals surface area contributed by atoms with Gasteiger partial charge in [-0.15, -0.1) is 0 Å². The Bertz CT molecular complexity index is 343. The summed E-state index contributed by atoms with van der Waals surface area (Å²) in [7, 11) is 2.10. The largest absolute Gasteiger partial charge is 0.335 e. The average Bonchev–Trinajstić information content (AvgIpc) is 2.94. The quantitative estimate of drug-likeness (QED) is 0.850. The fraction of sp³-hybridized carbons (Fsp3) is 0.786. The molecule has 1 aliphatic carbocycles. The summed E-state index contributed by atoms with van der Waals surface area (Å²) in [6, 6.07) is 0.737. The van der Waals surface area contributed by atoms with E-state index in [0.29, 0.717) is 5.92 Å². The van der Waals surface area contributed by atoms with Crippen molar-refractivity contribution in [2.75, 3.05) is 7.05 Å². The molecule has 3 nitrogen and oxygen atoms in total. The Kier molecular flexibility index (Phi) is 4.21. The van der Waals surface area contributed by atoms with Crippen LogP contribution < -0.4 is 5.32 Å². The molecule has 1 saturated carbocycles. The maximum atomic E-state index is 4.45. The molecule has 17 heavy (non-hydrogen) atoms. The SMILES string of the molecule is CNC1CCCC1CCn1ccnc1C(C)C. The molecular formula is C14H25N3. The van der Waals surface area contributed by atoms with Crippen molar-refractivity contribution < 1.29 is 0 Å². The minimum atomic E-state index is 0.522. The first kappa shape index (κ1) is 12.6. The predicted molar refractivity (Wildman–Crippen MR) is 71.1 cm³/mol. The van der Waals surface area contributed by atoms with Crippen molar-refractivity contribution in [3.05, 3.63) is 18.2 Å². The number of aromatic nitrogens is 2. The van der Waals surface area contributed by atoms with Crippen molar-refractivity contribution in [2.45, 2.75) is 58.0 Å². The average molecular weight is 235 g/mol. The summed E-state index contributed by atoms with van der Waals surface area (Å²) in [6.07, 6.45) is 9.45. The summed E-state index contributed by atoms with van der Waals surface area (Å²) in [5, 5.41) is 3.46. The third-order valence-electron chi connectivity index (χ3n) is 4.03. The van der Waals surface area contributed by atoms with Gasteiger partial charge in [0.25, 0.3) is 0 Å². The highest BCUT2D eigenvalue weighted by atomic mass is 15.1. The summed E-state index contributed by atoms with van der Waals surface area (Å²) < 4.78 is 2.33. The van der Waals surface area contributed by atoms with Crippen molar-refractivity contribution in [2.24, 2.45) is 5.92 Å². The van der Waals surface area contributed by atoms with Gasteiger partial charge in [-0.05, 0) is 32.2 Å². The molecular weight excluding hydrogens is 210 g/mol. The molecule has 1 aromatic rings. The highest BCUT2D eigenvalue weighted by Crippen LogP contribution is 2.29. The lowest BCUT2D eigenvalue weighted by molar-refractivity contribution is 0.374. The van der Waals surface area contributed by atoms with Crippen LogP contribution in [0.1, 0.15) is 51.3 Å². The van der Waals surface area contributed by atoms with Gasteiger partial charge < -0.3 is 9.88 Å². The molecule has 1 fully saturated rings. The van der Waals surface area contributed by atoms with E-state index in [1.165, 1.54) is 31.5 Å². The predicted octanol–water partition coefficient (Wildman–Crippen LogP) is 2.78. The Morgan fingerprint density at radius 3 is 3.00 bits per heavy atom. The van der Waals surface area contributed by atoms with E-state index in [9.17, 15) is 0 Å². The molecule has 2 unspecified atom stereocenters. The molecule has 0 aliphatic heterocycles. The minimum absolute atomic E-state index is 0.522. The van der Waals surface area contributed by atoms with Gasteiger partial charge in [0.1, 0.15) is 5.82 Å². The summed E-state index contributed by atoms with van der Waals surface area (Å²) in [5.74, 6) is 2.60. The number of nitrogens with one attached hydrogen (secondary N) is 1. The summed E-state index contributed by atoms with van der Waals surface area (Å²) in [4.78, 5) is 4.45. The van der Waals surface area contributed by atoms with E-state index in [0.717, 1.165) is 18.5 Å². The molecule has 96 valence electrons. The van der Waals surface area contributed by atoms with Gasteiger partial charge >= 0.3 is 0 Å². The van der Waals surface area contributed by atoms with Crippen LogP contribution in [0, 0.1) is 5.92 Å². The van der Waals surface area contributed by atoms with Crippen LogP contribution in [-0.4, -0.2) is 22.6 Å². The number of imidazole rings is 1. The van der Waals surface area contributed by atoms with Crippen LogP contribution in [0.3, 0.4) is 0 Å². The van der Waals surface area contributed by atoms with Gasteiger partial charge in [-0.25, -0.2) is 4.98 Å². The Balaban J connectivity index is 1.91. The highest BCUT2D eigenvalue weighted by molar-refractivity contribution is 4.97. The van der Waals surface area contributed by atoms with Crippen LogP contribution in [0.15, 0.2) is 12.4 Å². The van der Waals surface area contributed by atoms with E-state index >= 15 is 0 Å². The van der Waals surface area contributed by atoms with E-state index in [4.69, 9.17) is 0 Å². The highest BCUT2D eigenvalue weighted by Gasteiger charge is 2.25. The summed E-state index contributed by atoms with van der Waals surface area (Å²) >= 11 is 0. The van der Waals surface area contributed by atoms with Crippen LogP contribution in [0.2, 0.25) is 0 Å². The first-order chi connectivity index (χ1) is 8.22. The van der Waals surface area contributed by atoms with Gasteiger partial charge in [-0.2, -0.15) is 0 Å². The minimum Gasteiger partial charge on any atom is -0.335 e. The van der Waals surface area contributed by atoms with Crippen molar-refractivity contribution in [3.63, 3.8) is 0 Å². The normalized spacial score (nSPS) is 24.7. The van der Waals surface area contributed by atoms with Gasteiger partial charge in [-0.1, -0.05) is 20.3 Å². The van der Waals surface area contributed by atoms with Crippen molar-refractivity contribution in [1.29, 1.82) is 0 Å². The molecule has 3 heteroatoms. The smallest absolute Gasteiger partial charge is 0.111 e. The molecule has 0 saturated heterocycles. The Morgan fingerprint density at radius 2 is 2.29 bits per heavy atom. The molecule has 2 rings (SSSR count). The van der Waals surface area contributed by atoms with Gasteiger partial charge in [-0.3, -0.25) is 0 Å². The van der Waals surface area contributed by atoms with Crippen molar-refractivity contribution in [1.82, 2.24) is 14.9 Å². The number of rotatable bonds is 5. The molecule has 1 heterocycles. The van der Waals surface area contributed by atoms with E-state index in [1.807, 2.05) is 6.20 Å². The molecule has 0 bridgehead atoms. The van der Waals surface area contributed by atoms with Crippen molar-refractivity contribution >= 4 is 0 Å². The van der Waals surface area contributed by atoms with E-state index in [-0.39, 0.29) is 0 Å². The molecule has 1 aromatic heterocycles. The topological polar surface area (TPSA) is 29.9 Å². The van der Waals surface area contributed by atoms with Crippen LogP contribution in [-0.2, 0) is 6.54 Å². The van der Waals surface area contributed by atoms with Gasteiger partial charge in [0, 0.05) is 30.9 Å². The van der Waals surface area contributed by atoms with Gasteiger partial charge in [0.05, 0.1) is 0 Å². The van der Waals surface area contributed by atoms with Gasteiger partial charge in [0.15, 0.2) is 0 Å². The Morgan fingerprint density at radius 1 is 1.47 bits per heavy atom. The van der Waals surface area contributed by atoms with Crippen LogP contribution >= 0.6 is 0 Å². The lowest BCUT2D eigenvalue weighted by atomic mass is 9.99. The molecule has 0 amide bonds. The van der Waals surface area contributed by atoms with E-state index < -0.39 is 0 Å². The van der Waals surface area contributed by atoms with Crippen LogP contribution in [0.4, 0.5) is 0 Å².